The Morgan fingerprint density at radius 1 is 1.42 bits per heavy atom. The van der Waals surface area contributed by atoms with Crippen LogP contribution >= 0.6 is 15.9 Å². The van der Waals surface area contributed by atoms with E-state index in [1.165, 1.54) is 18.4 Å². The largest absolute Gasteiger partial charge is 0.354 e. The van der Waals surface area contributed by atoms with Gasteiger partial charge in [-0.05, 0) is 59.7 Å². The van der Waals surface area contributed by atoms with Crippen LogP contribution in [0.25, 0.3) is 11.0 Å². The second-order valence-electron chi connectivity index (χ2n) is 6.74. The zero-order valence-corrected chi connectivity index (χ0v) is 16.2. The highest BCUT2D eigenvalue weighted by Gasteiger charge is 2.27. The molecular weight excluding hydrogens is 396 g/mol. The average Bonchev–Trinajstić information content (AvgIpc) is 3.32. The summed E-state index contributed by atoms with van der Waals surface area (Å²) in [4.78, 5) is 16.8. The Bertz CT molecular complexity index is 942. The lowest BCUT2D eigenvalue weighted by Crippen LogP contribution is -2.29. The van der Waals surface area contributed by atoms with Gasteiger partial charge in [0.2, 0.25) is 5.91 Å². The van der Waals surface area contributed by atoms with Gasteiger partial charge in [0.25, 0.3) is 0 Å². The highest BCUT2D eigenvalue weighted by atomic mass is 79.9. The van der Waals surface area contributed by atoms with Gasteiger partial charge in [-0.1, -0.05) is 0 Å². The lowest BCUT2D eigenvalue weighted by Gasteiger charge is -2.07. The molecule has 3 aromatic heterocycles. The molecule has 8 heteroatoms. The minimum absolute atomic E-state index is 0.0466. The second kappa shape index (κ2) is 7.19. The third kappa shape index (κ3) is 3.65. The normalized spacial score (nSPS) is 14.1. The summed E-state index contributed by atoms with van der Waals surface area (Å²) in [6.07, 6.45) is 8.79. The first kappa shape index (κ1) is 17.2. The Kier molecular flexibility index (Phi) is 4.76. The first-order valence-corrected chi connectivity index (χ1v) is 9.68. The van der Waals surface area contributed by atoms with Crippen LogP contribution in [0.15, 0.2) is 29.1 Å². The third-order valence-corrected chi connectivity index (χ3v) is 5.05. The second-order valence-corrected chi connectivity index (χ2v) is 7.66. The molecule has 1 saturated carbocycles. The molecule has 1 fully saturated rings. The summed E-state index contributed by atoms with van der Waals surface area (Å²) < 4.78 is 4.53. The molecule has 26 heavy (non-hydrogen) atoms. The molecule has 0 aliphatic heterocycles. The maximum absolute atomic E-state index is 12.3. The molecule has 0 bridgehead atoms. The fraction of sp³-hybridized carbons (Fsp3) is 0.444. The molecule has 0 saturated heterocycles. The molecular formula is C18H21BrN6O. The van der Waals surface area contributed by atoms with Crippen LogP contribution in [0.2, 0.25) is 0 Å². The van der Waals surface area contributed by atoms with Crippen LogP contribution in [0.3, 0.4) is 0 Å². The van der Waals surface area contributed by atoms with Crippen molar-refractivity contribution >= 4 is 32.9 Å². The minimum Gasteiger partial charge on any atom is -0.354 e. The number of aromatic nitrogens is 5. The molecule has 0 spiro atoms. The summed E-state index contributed by atoms with van der Waals surface area (Å²) in [6.45, 7) is 3.56. The molecule has 3 heterocycles. The van der Waals surface area contributed by atoms with Crippen LogP contribution in [0.5, 0.6) is 0 Å². The molecule has 136 valence electrons. The van der Waals surface area contributed by atoms with Crippen molar-refractivity contribution in [3.05, 3.63) is 40.4 Å². The van der Waals surface area contributed by atoms with Crippen molar-refractivity contribution in [3.8, 4) is 0 Å². The van der Waals surface area contributed by atoms with E-state index in [2.05, 4.69) is 42.5 Å². The van der Waals surface area contributed by atoms with E-state index >= 15 is 0 Å². The Balaban J connectivity index is 1.36. The number of pyridine rings is 1. The molecule has 3 aromatic rings. The predicted molar refractivity (Wildman–Crippen MR) is 102 cm³/mol. The highest BCUT2D eigenvalue weighted by molar-refractivity contribution is 9.10. The Hall–Kier alpha value is -2.22. The molecule has 1 aliphatic rings. The first-order valence-electron chi connectivity index (χ1n) is 8.88. The summed E-state index contributed by atoms with van der Waals surface area (Å²) in [7, 11) is 0. The zero-order chi connectivity index (χ0) is 18.1. The summed E-state index contributed by atoms with van der Waals surface area (Å²) >= 11 is 3.37. The van der Waals surface area contributed by atoms with E-state index in [1.807, 2.05) is 24.0 Å². The lowest BCUT2D eigenvalue weighted by atomic mass is 10.1. The van der Waals surface area contributed by atoms with Crippen molar-refractivity contribution in [2.75, 3.05) is 6.54 Å². The summed E-state index contributed by atoms with van der Waals surface area (Å²) in [6, 6.07) is 2.09. The maximum Gasteiger partial charge on any atom is 0.241 e. The average molecular weight is 417 g/mol. The molecule has 0 aromatic carbocycles. The summed E-state index contributed by atoms with van der Waals surface area (Å²) in [5.74, 6) is 0.586. The molecule has 4 rings (SSSR count). The van der Waals surface area contributed by atoms with Gasteiger partial charge in [0.05, 0.1) is 16.4 Å². The van der Waals surface area contributed by atoms with Gasteiger partial charge in [0, 0.05) is 30.9 Å². The molecule has 0 radical (unpaired) electrons. The zero-order valence-electron chi connectivity index (χ0n) is 14.7. The van der Waals surface area contributed by atoms with E-state index in [4.69, 9.17) is 0 Å². The number of rotatable bonds is 7. The fourth-order valence-electron chi connectivity index (χ4n) is 3.28. The van der Waals surface area contributed by atoms with Crippen molar-refractivity contribution in [2.24, 2.45) is 0 Å². The number of fused-ring (bicyclic) bond motifs is 1. The number of carbonyl (C=O) groups excluding carboxylic acids is 1. The van der Waals surface area contributed by atoms with Crippen molar-refractivity contribution in [1.29, 1.82) is 0 Å². The Labute approximate surface area is 159 Å². The van der Waals surface area contributed by atoms with E-state index in [0.29, 0.717) is 12.5 Å². The van der Waals surface area contributed by atoms with E-state index < -0.39 is 0 Å². The van der Waals surface area contributed by atoms with E-state index in [9.17, 15) is 4.79 Å². The van der Waals surface area contributed by atoms with Gasteiger partial charge < -0.3 is 5.32 Å². The SMILES string of the molecule is Cc1nn(CC(=O)NCCCn2cc(Br)cn2)c2nccc(C3CC3)c12. The molecule has 1 N–H and O–H groups in total. The third-order valence-electron chi connectivity index (χ3n) is 4.64. The maximum atomic E-state index is 12.3. The highest BCUT2D eigenvalue weighted by Crippen LogP contribution is 2.43. The number of aryl methyl sites for hydroxylation is 2. The van der Waals surface area contributed by atoms with Crippen LogP contribution in [-0.2, 0) is 17.9 Å². The standard InChI is InChI=1S/C18H21BrN6O/c1-12-17-15(13-3-4-13)5-7-21-18(17)25(23-12)11-16(26)20-6-2-8-24-10-14(19)9-22-24/h5,7,9-10,13H,2-4,6,8,11H2,1H3,(H,20,26). The van der Waals surface area contributed by atoms with Crippen LogP contribution < -0.4 is 5.32 Å². The van der Waals surface area contributed by atoms with Crippen LogP contribution in [0.4, 0.5) is 0 Å². The molecule has 1 aliphatic carbocycles. The van der Waals surface area contributed by atoms with Gasteiger partial charge >= 0.3 is 0 Å². The molecule has 0 unspecified atom stereocenters. The molecule has 0 atom stereocenters. The molecule has 7 nitrogen and oxygen atoms in total. The topological polar surface area (TPSA) is 77.6 Å². The number of amides is 1. The van der Waals surface area contributed by atoms with Gasteiger partial charge in [-0.15, -0.1) is 0 Å². The van der Waals surface area contributed by atoms with Crippen molar-refractivity contribution < 1.29 is 4.79 Å². The molecule has 1 amide bonds. The predicted octanol–water partition coefficient (Wildman–Crippen LogP) is 2.78. The number of halogens is 1. The number of hydrogen-bond acceptors (Lipinski definition) is 4. The smallest absolute Gasteiger partial charge is 0.241 e. The van der Waals surface area contributed by atoms with Crippen LogP contribution in [0, 0.1) is 6.92 Å². The minimum atomic E-state index is -0.0466. The number of hydrogen-bond donors (Lipinski definition) is 1. The Morgan fingerprint density at radius 3 is 3.00 bits per heavy atom. The van der Waals surface area contributed by atoms with Gasteiger partial charge in [-0.25, -0.2) is 9.67 Å². The van der Waals surface area contributed by atoms with Crippen molar-refractivity contribution in [3.63, 3.8) is 0 Å². The van der Waals surface area contributed by atoms with E-state index in [1.54, 1.807) is 10.9 Å². The number of nitrogens with one attached hydrogen (secondary N) is 1. The van der Waals surface area contributed by atoms with Crippen molar-refractivity contribution in [2.45, 2.75) is 45.2 Å². The Morgan fingerprint density at radius 2 is 2.27 bits per heavy atom. The van der Waals surface area contributed by atoms with E-state index in [0.717, 1.165) is 34.2 Å². The lowest BCUT2D eigenvalue weighted by molar-refractivity contribution is -0.121. The van der Waals surface area contributed by atoms with Crippen molar-refractivity contribution in [1.82, 2.24) is 29.9 Å². The first-order chi connectivity index (χ1) is 12.6. The van der Waals surface area contributed by atoms with Crippen LogP contribution in [0.1, 0.15) is 36.4 Å². The van der Waals surface area contributed by atoms with Crippen LogP contribution in [-0.4, -0.2) is 37.0 Å². The summed E-state index contributed by atoms with van der Waals surface area (Å²) in [5, 5.41) is 12.8. The number of nitrogens with zero attached hydrogens (tertiary/aromatic N) is 5. The van der Waals surface area contributed by atoms with Gasteiger partial charge in [-0.2, -0.15) is 10.2 Å². The number of carbonyl (C=O) groups is 1. The summed E-state index contributed by atoms with van der Waals surface area (Å²) in [5.41, 5.74) is 3.08. The van der Waals surface area contributed by atoms with Gasteiger partial charge in [0.15, 0.2) is 5.65 Å². The van der Waals surface area contributed by atoms with Gasteiger partial charge in [0.1, 0.15) is 6.54 Å². The fourth-order valence-corrected chi connectivity index (χ4v) is 3.60. The van der Waals surface area contributed by atoms with E-state index in [-0.39, 0.29) is 12.5 Å². The quantitative estimate of drug-likeness (QED) is 0.600. The monoisotopic (exact) mass is 416 g/mol. The van der Waals surface area contributed by atoms with Gasteiger partial charge in [-0.3, -0.25) is 9.48 Å².